The quantitative estimate of drug-likeness (QED) is 0.448. The van der Waals surface area contributed by atoms with Crippen molar-refractivity contribution < 1.29 is 22.9 Å². The van der Waals surface area contributed by atoms with Gasteiger partial charge < -0.3 is 5.11 Å². The molecule has 1 unspecified atom stereocenters. The fraction of sp³-hybridized carbons (Fsp3) is 0.917. The Hall–Kier alpha value is -0.620. The van der Waals surface area contributed by atoms with E-state index in [0.717, 1.165) is 19.3 Å². The molecule has 0 bridgehead atoms. The summed E-state index contributed by atoms with van der Waals surface area (Å²) < 4.78 is 30.3. The maximum absolute atomic E-state index is 10.8. The van der Waals surface area contributed by atoms with Gasteiger partial charge in [0, 0.05) is 0 Å². The lowest BCUT2D eigenvalue weighted by atomic mass is 10.1. The van der Waals surface area contributed by atoms with Crippen LogP contribution in [-0.2, 0) is 14.9 Å². The van der Waals surface area contributed by atoms with Crippen molar-refractivity contribution in [3.8, 4) is 0 Å². The Morgan fingerprint density at radius 2 is 1.44 bits per heavy atom. The molecule has 6 heteroatoms. The molecule has 2 N–H and O–H groups in total. The molecule has 0 fully saturated rings. The van der Waals surface area contributed by atoms with E-state index in [1.807, 2.05) is 0 Å². The van der Waals surface area contributed by atoms with Crippen molar-refractivity contribution >= 4 is 16.1 Å². The maximum atomic E-state index is 10.8. The lowest BCUT2D eigenvalue weighted by molar-refractivity contribution is -0.136. The summed E-state index contributed by atoms with van der Waals surface area (Å²) in [4.78, 5) is 10.6. The van der Waals surface area contributed by atoms with Crippen LogP contribution < -0.4 is 0 Å². The van der Waals surface area contributed by atoms with E-state index in [-0.39, 0.29) is 6.42 Å². The topological polar surface area (TPSA) is 91.7 Å². The first-order valence-corrected chi connectivity index (χ1v) is 8.09. The summed E-state index contributed by atoms with van der Waals surface area (Å²) in [6.45, 7) is 2.15. The van der Waals surface area contributed by atoms with E-state index in [2.05, 4.69) is 6.92 Å². The second kappa shape index (κ2) is 9.33. The molecular formula is C12H24O5S. The van der Waals surface area contributed by atoms with Gasteiger partial charge in [-0.3, -0.25) is 9.35 Å². The molecule has 0 aromatic carbocycles. The van der Waals surface area contributed by atoms with Crippen LogP contribution in [0.5, 0.6) is 0 Å². The van der Waals surface area contributed by atoms with E-state index < -0.39 is 21.3 Å². The average Bonchev–Trinajstić information content (AvgIpc) is 2.24. The van der Waals surface area contributed by atoms with Gasteiger partial charge in [0.2, 0.25) is 0 Å². The first kappa shape index (κ1) is 17.4. The summed E-state index contributed by atoms with van der Waals surface area (Å²) in [5.41, 5.74) is 0. The number of carboxylic acid groups (broad SMARTS) is 1. The van der Waals surface area contributed by atoms with Crippen LogP contribution in [-0.4, -0.2) is 29.3 Å². The van der Waals surface area contributed by atoms with Crippen LogP contribution in [0.15, 0.2) is 0 Å². The Morgan fingerprint density at radius 3 is 1.83 bits per heavy atom. The third-order valence-corrected chi connectivity index (χ3v) is 4.11. The fourth-order valence-electron chi connectivity index (χ4n) is 1.86. The van der Waals surface area contributed by atoms with Gasteiger partial charge in [0.25, 0.3) is 10.1 Å². The summed E-state index contributed by atoms with van der Waals surface area (Å²) in [5.74, 6) is -1.47. The number of hydrogen-bond donors (Lipinski definition) is 2. The van der Waals surface area contributed by atoms with Crippen LogP contribution in [0.25, 0.3) is 0 Å². The number of carboxylic acids is 1. The third kappa shape index (κ3) is 8.47. The molecule has 0 rings (SSSR count). The van der Waals surface area contributed by atoms with E-state index in [1.54, 1.807) is 0 Å². The van der Waals surface area contributed by atoms with Crippen molar-refractivity contribution in [1.29, 1.82) is 0 Å². The minimum absolute atomic E-state index is 0.0108. The van der Waals surface area contributed by atoms with Crippen LogP contribution in [0.1, 0.15) is 64.7 Å². The monoisotopic (exact) mass is 280 g/mol. The molecule has 5 nitrogen and oxygen atoms in total. The smallest absolute Gasteiger partial charge is 0.324 e. The molecule has 0 aromatic heterocycles. The standard InChI is InChI=1S/C12H24O5S/c1-2-3-4-5-6-7-8-9-10-11(12(13)14)18(15,16)17/h11H,2-10H2,1H3,(H,13,14)(H,15,16,17). The highest BCUT2D eigenvalue weighted by Crippen LogP contribution is 2.13. The van der Waals surface area contributed by atoms with E-state index in [4.69, 9.17) is 9.66 Å². The van der Waals surface area contributed by atoms with Crippen LogP contribution in [0, 0.1) is 0 Å². The van der Waals surface area contributed by atoms with Gasteiger partial charge in [0.05, 0.1) is 0 Å². The van der Waals surface area contributed by atoms with Crippen LogP contribution in [0.2, 0.25) is 0 Å². The Kier molecular flexibility index (Phi) is 9.01. The zero-order chi connectivity index (χ0) is 14.0. The van der Waals surface area contributed by atoms with Gasteiger partial charge in [-0.15, -0.1) is 0 Å². The molecule has 0 spiro atoms. The van der Waals surface area contributed by atoms with Gasteiger partial charge in [0.1, 0.15) is 0 Å². The summed E-state index contributed by atoms with van der Waals surface area (Å²) >= 11 is 0. The Labute approximate surface area is 109 Å². The van der Waals surface area contributed by atoms with Gasteiger partial charge in [-0.1, -0.05) is 58.3 Å². The second-order valence-electron chi connectivity index (χ2n) is 4.61. The van der Waals surface area contributed by atoms with Crippen molar-refractivity contribution in [3.63, 3.8) is 0 Å². The normalized spacial score (nSPS) is 13.4. The average molecular weight is 280 g/mol. The van der Waals surface area contributed by atoms with E-state index >= 15 is 0 Å². The maximum Gasteiger partial charge on any atom is 0.324 e. The van der Waals surface area contributed by atoms with Gasteiger partial charge in [-0.25, -0.2) is 0 Å². The highest BCUT2D eigenvalue weighted by Gasteiger charge is 2.29. The molecule has 0 heterocycles. The number of aliphatic carboxylic acids is 1. The van der Waals surface area contributed by atoms with Gasteiger partial charge >= 0.3 is 5.97 Å². The van der Waals surface area contributed by atoms with E-state index in [1.165, 1.54) is 25.7 Å². The number of carbonyl (C=O) groups is 1. The zero-order valence-electron chi connectivity index (χ0n) is 11.0. The first-order valence-electron chi connectivity index (χ1n) is 6.58. The third-order valence-electron chi connectivity index (χ3n) is 2.95. The SMILES string of the molecule is CCCCCCCCCCC(C(=O)O)S(=O)(=O)O. The lowest BCUT2D eigenvalue weighted by Gasteiger charge is -2.08. The van der Waals surface area contributed by atoms with Crippen LogP contribution >= 0.6 is 0 Å². The molecule has 0 saturated heterocycles. The van der Waals surface area contributed by atoms with Crippen molar-refractivity contribution in [2.75, 3.05) is 0 Å². The van der Waals surface area contributed by atoms with E-state index in [0.29, 0.717) is 6.42 Å². The molecule has 0 aliphatic heterocycles. The van der Waals surface area contributed by atoms with Gasteiger partial charge in [-0.2, -0.15) is 8.42 Å². The molecule has 0 aliphatic rings. The van der Waals surface area contributed by atoms with Crippen molar-refractivity contribution in [2.24, 2.45) is 0 Å². The molecule has 0 saturated carbocycles. The fourth-order valence-corrected chi connectivity index (χ4v) is 2.58. The summed E-state index contributed by atoms with van der Waals surface area (Å²) in [7, 11) is -4.47. The number of unbranched alkanes of at least 4 members (excludes halogenated alkanes) is 7. The Morgan fingerprint density at radius 1 is 1.00 bits per heavy atom. The first-order chi connectivity index (χ1) is 8.39. The lowest BCUT2D eigenvalue weighted by Crippen LogP contribution is -2.29. The number of rotatable bonds is 11. The molecule has 18 heavy (non-hydrogen) atoms. The molecule has 0 aromatic rings. The van der Waals surface area contributed by atoms with Crippen molar-refractivity contribution in [2.45, 2.75) is 70.0 Å². The molecule has 0 aliphatic carbocycles. The molecule has 0 radical (unpaired) electrons. The minimum atomic E-state index is -4.47. The molecular weight excluding hydrogens is 256 g/mol. The predicted molar refractivity (Wildman–Crippen MR) is 70.2 cm³/mol. The summed E-state index contributed by atoms with van der Waals surface area (Å²) in [6.07, 6.45) is 8.25. The van der Waals surface area contributed by atoms with E-state index in [9.17, 15) is 13.2 Å². The summed E-state index contributed by atoms with van der Waals surface area (Å²) in [5, 5.41) is 7.00. The summed E-state index contributed by atoms with van der Waals surface area (Å²) in [6, 6.07) is 0. The van der Waals surface area contributed by atoms with Crippen LogP contribution in [0.4, 0.5) is 0 Å². The van der Waals surface area contributed by atoms with Gasteiger partial charge in [0.15, 0.2) is 5.25 Å². The highest BCUT2D eigenvalue weighted by molar-refractivity contribution is 7.87. The Bertz CT molecular complexity index is 323. The van der Waals surface area contributed by atoms with Crippen molar-refractivity contribution in [3.05, 3.63) is 0 Å². The van der Waals surface area contributed by atoms with Gasteiger partial charge in [-0.05, 0) is 6.42 Å². The van der Waals surface area contributed by atoms with Crippen LogP contribution in [0.3, 0.4) is 0 Å². The molecule has 1 atom stereocenters. The Balaban J connectivity index is 3.67. The zero-order valence-corrected chi connectivity index (χ0v) is 11.8. The largest absolute Gasteiger partial charge is 0.480 e. The molecule has 108 valence electrons. The second-order valence-corrected chi connectivity index (χ2v) is 6.20. The number of hydrogen-bond acceptors (Lipinski definition) is 3. The predicted octanol–water partition coefficient (Wildman–Crippen LogP) is 2.86. The molecule has 0 amide bonds. The van der Waals surface area contributed by atoms with Crippen molar-refractivity contribution in [1.82, 2.24) is 0 Å². The minimum Gasteiger partial charge on any atom is -0.480 e. The highest BCUT2D eigenvalue weighted by atomic mass is 32.2.